The largest absolute Gasteiger partial charge is 0.311 e. The minimum absolute atomic E-state index is 0.130. The molecule has 0 amide bonds. The minimum atomic E-state index is -0.421. The second kappa shape index (κ2) is 17.2. The highest BCUT2D eigenvalue weighted by atomic mass is 15.1. The minimum Gasteiger partial charge on any atom is -0.311 e. The Kier molecular flexibility index (Phi) is 10.3. The highest BCUT2D eigenvalue weighted by Crippen LogP contribution is 2.62. The van der Waals surface area contributed by atoms with Crippen molar-refractivity contribution >= 4 is 11.4 Å². The van der Waals surface area contributed by atoms with Crippen molar-refractivity contribution in [3.05, 3.63) is 312 Å². The maximum Gasteiger partial charge on any atom is 0.0719 e. The van der Waals surface area contributed by atoms with Gasteiger partial charge in [0.25, 0.3) is 0 Å². The van der Waals surface area contributed by atoms with Crippen molar-refractivity contribution in [2.24, 2.45) is 0 Å². The van der Waals surface area contributed by atoms with Crippen LogP contribution < -0.4 is 4.90 Å². The zero-order valence-electron chi connectivity index (χ0n) is 40.1. The van der Waals surface area contributed by atoms with E-state index >= 15 is 0 Å². The van der Waals surface area contributed by atoms with Crippen LogP contribution >= 0.6 is 0 Å². The highest BCUT2D eigenvalue weighted by Gasteiger charge is 2.53. The van der Waals surface area contributed by atoms with Gasteiger partial charge in [-0.1, -0.05) is 238 Å². The molecule has 1 heteroatoms. The van der Waals surface area contributed by atoms with Crippen molar-refractivity contribution < 1.29 is 0 Å². The summed E-state index contributed by atoms with van der Waals surface area (Å²) in [5, 5.41) is 0. The van der Waals surface area contributed by atoms with Gasteiger partial charge in [0, 0.05) is 28.4 Å². The van der Waals surface area contributed by atoms with Gasteiger partial charge in [-0.25, -0.2) is 0 Å². The summed E-state index contributed by atoms with van der Waals surface area (Å²) in [5.74, 6) is 0.255. The molecule has 0 bridgehead atoms. The number of fused-ring (bicyclic) bond motifs is 9. The van der Waals surface area contributed by atoms with Gasteiger partial charge in [0.2, 0.25) is 0 Å². The van der Waals surface area contributed by atoms with E-state index in [0.29, 0.717) is 0 Å². The molecular formula is C70H53N. The summed E-state index contributed by atoms with van der Waals surface area (Å²) in [7, 11) is 0. The summed E-state index contributed by atoms with van der Waals surface area (Å²) in [6, 6.07) is 92.3. The molecule has 13 rings (SSSR count). The molecule has 338 valence electrons. The standard InChI is InChI=1S/C70H53N/c1-69(2)64-27-11-13-29-66(64)70(67-30-14-12-28-65(67)69)63-26-10-9-25-61(63)62-44-37-57(47-68(62)70)56-24-16-23-55(46-56)54-22-15-21-53(45-54)52-35-42-60(43-36-52)71(58-38-31-50(32-39-58)48-17-5-3-6-18-48)59-40-33-51(34-41-59)49-19-7-4-8-20-49/h3-35,37-47,52H,36H2,1-2H3. The van der Waals surface area contributed by atoms with Crippen LogP contribution in [0.2, 0.25) is 0 Å². The summed E-state index contributed by atoms with van der Waals surface area (Å²) < 4.78 is 0. The van der Waals surface area contributed by atoms with Gasteiger partial charge < -0.3 is 4.90 Å². The quantitative estimate of drug-likeness (QED) is 0.147. The van der Waals surface area contributed by atoms with E-state index in [0.717, 1.165) is 17.8 Å². The number of benzene rings is 10. The third-order valence-electron chi connectivity index (χ3n) is 15.7. The summed E-state index contributed by atoms with van der Waals surface area (Å²) in [5.41, 5.74) is 24.9. The second-order valence-corrected chi connectivity index (χ2v) is 20.0. The molecule has 1 atom stereocenters. The van der Waals surface area contributed by atoms with Gasteiger partial charge in [-0.15, -0.1) is 0 Å². The fourth-order valence-electron chi connectivity index (χ4n) is 12.2. The SMILES string of the molecule is CC1(C)c2ccccc2C2(c3ccccc3-c3ccc(-c4cccc(-c5cccc(C6C=CC(N(c7ccc(-c8ccccc8)cc7)c7ccc(-c8ccccc8)cc7)=CC6)c5)c4)cc32)c2ccccc21. The van der Waals surface area contributed by atoms with Crippen molar-refractivity contribution in [3.8, 4) is 55.6 Å². The fraction of sp³-hybridized carbons (Fsp3) is 0.0857. The summed E-state index contributed by atoms with van der Waals surface area (Å²) in [4.78, 5) is 2.39. The molecule has 0 aromatic heterocycles. The van der Waals surface area contributed by atoms with E-state index in [-0.39, 0.29) is 11.3 Å². The van der Waals surface area contributed by atoms with Crippen LogP contribution in [-0.4, -0.2) is 0 Å². The number of rotatable bonds is 8. The number of anilines is 2. The smallest absolute Gasteiger partial charge is 0.0719 e. The molecule has 71 heavy (non-hydrogen) atoms. The van der Waals surface area contributed by atoms with Crippen LogP contribution in [0, 0.1) is 0 Å². The molecule has 0 N–H and O–H groups in total. The molecule has 10 aromatic carbocycles. The first-order valence-electron chi connectivity index (χ1n) is 25.1. The molecule has 0 radical (unpaired) electrons. The Morgan fingerprint density at radius 1 is 0.352 bits per heavy atom. The first kappa shape index (κ1) is 42.6. The van der Waals surface area contributed by atoms with Gasteiger partial charge in [-0.2, -0.15) is 0 Å². The monoisotopic (exact) mass is 907 g/mol. The molecule has 0 saturated heterocycles. The molecule has 0 aliphatic heterocycles. The number of hydrogen-bond donors (Lipinski definition) is 0. The lowest BCUT2D eigenvalue weighted by Gasteiger charge is -2.46. The van der Waals surface area contributed by atoms with Crippen molar-refractivity contribution in [2.75, 3.05) is 4.90 Å². The van der Waals surface area contributed by atoms with Gasteiger partial charge in [-0.3, -0.25) is 0 Å². The van der Waals surface area contributed by atoms with Crippen LogP contribution in [-0.2, 0) is 10.8 Å². The topological polar surface area (TPSA) is 3.24 Å². The third-order valence-corrected chi connectivity index (χ3v) is 15.7. The zero-order chi connectivity index (χ0) is 47.5. The first-order valence-corrected chi connectivity index (χ1v) is 25.1. The van der Waals surface area contributed by atoms with E-state index < -0.39 is 5.41 Å². The first-order chi connectivity index (χ1) is 34.9. The van der Waals surface area contributed by atoms with Crippen molar-refractivity contribution in [1.82, 2.24) is 0 Å². The molecule has 10 aromatic rings. The maximum absolute atomic E-state index is 2.51. The number of allylic oxidation sites excluding steroid dienone is 3. The van der Waals surface area contributed by atoms with Crippen molar-refractivity contribution in [1.29, 1.82) is 0 Å². The Bertz CT molecular complexity index is 3550. The molecule has 1 spiro atoms. The van der Waals surface area contributed by atoms with E-state index in [9.17, 15) is 0 Å². The molecule has 3 aliphatic carbocycles. The van der Waals surface area contributed by atoms with Gasteiger partial charge in [0.15, 0.2) is 0 Å². The molecular weight excluding hydrogens is 855 g/mol. The van der Waals surface area contributed by atoms with Crippen LogP contribution in [0.5, 0.6) is 0 Å². The van der Waals surface area contributed by atoms with E-state index in [4.69, 9.17) is 0 Å². The fourth-order valence-corrected chi connectivity index (χ4v) is 12.2. The van der Waals surface area contributed by atoms with Crippen LogP contribution in [0.25, 0.3) is 55.6 Å². The predicted octanol–water partition coefficient (Wildman–Crippen LogP) is 18.1. The Balaban J connectivity index is 0.820. The Morgan fingerprint density at radius 2 is 0.789 bits per heavy atom. The van der Waals surface area contributed by atoms with Gasteiger partial charge in [0.1, 0.15) is 0 Å². The lowest BCUT2D eigenvalue weighted by atomic mass is 9.55. The highest BCUT2D eigenvalue weighted by molar-refractivity contribution is 5.90. The van der Waals surface area contributed by atoms with Gasteiger partial charge >= 0.3 is 0 Å². The van der Waals surface area contributed by atoms with Crippen molar-refractivity contribution in [2.45, 2.75) is 37.0 Å². The van der Waals surface area contributed by atoms with Crippen LogP contribution in [0.4, 0.5) is 11.4 Å². The zero-order valence-corrected chi connectivity index (χ0v) is 40.1. The normalized spacial score (nSPS) is 15.5. The molecule has 3 aliphatic rings. The summed E-state index contributed by atoms with van der Waals surface area (Å²) in [6.45, 7) is 4.78. The van der Waals surface area contributed by atoms with Crippen LogP contribution in [0.1, 0.15) is 65.1 Å². The van der Waals surface area contributed by atoms with E-state index in [1.54, 1.807) is 0 Å². The number of nitrogens with zero attached hydrogens (tertiary/aromatic N) is 1. The molecule has 1 nitrogen and oxygen atoms in total. The van der Waals surface area contributed by atoms with Crippen LogP contribution in [0.3, 0.4) is 0 Å². The predicted molar refractivity (Wildman–Crippen MR) is 297 cm³/mol. The van der Waals surface area contributed by atoms with E-state index in [1.807, 2.05) is 0 Å². The molecule has 0 fully saturated rings. The average molecular weight is 908 g/mol. The summed E-state index contributed by atoms with van der Waals surface area (Å²) in [6.07, 6.45) is 8.03. The molecule has 0 saturated carbocycles. The summed E-state index contributed by atoms with van der Waals surface area (Å²) >= 11 is 0. The lowest BCUT2D eigenvalue weighted by Crippen LogP contribution is -2.40. The van der Waals surface area contributed by atoms with Crippen LogP contribution in [0.15, 0.2) is 273 Å². The van der Waals surface area contributed by atoms with Gasteiger partial charge in [-0.05, 0) is 143 Å². The second-order valence-electron chi connectivity index (χ2n) is 20.0. The maximum atomic E-state index is 2.51. The Morgan fingerprint density at radius 3 is 1.35 bits per heavy atom. The third kappa shape index (κ3) is 7.06. The lowest BCUT2D eigenvalue weighted by molar-refractivity contribution is 0.563. The average Bonchev–Trinajstić information content (AvgIpc) is 3.74. The Hall–Kier alpha value is -8.52. The Labute approximate surface area is 418 Å². The van der Waals surface area contributed by atoms with E-state index in [1.165, 1.54) is 100 Å². The van der Waals surface area contributed by atoms with Crippen molar-refractivity contribution in [3.63, 3.8) is 0 Å². The number of hydrogen-bond acceptors (Lipinski definition) is 1. The molecule has 1 unspecified atom stereocenters. The molecule has 0 heterocycles. The van der Waals surface area contributed by atoms with Gasteiger partial charge in [0.05, 0.1) is 5.41 Å². The van der Waals surface area contributed by atoms with E-state index in [2.05, 4.69) is 286 Å².